The van der Waals surface area contributed by atoms with Gasteiger partial charge in [-0.25, -0.2) is 14.8 Å². The highest BCUT2D eigenvalue weighted by molar-refractivity contribution is 7.22. The summed E-state index contributed by atoms with van der Waals surface area (Å²) < 4.78 is 47.5. The van der Waals surface area contributed by atoms with E-state index in [4.69, 9.17) is 10.5 Å². The Kier molecular flexibility index (Phi) is 6.75. The number of benzene rings is 1. The van der Waals surface area contributed by atoms with Crippen LogP contribution in [0.4, 0.5) is 29.8 Å². The van der Waals surface area contributed by atoms with Gasteiger partial charge in [-0.05, 0) is 18.2 Å². The number of carbonyl (C=O) groups is 2. The fourth-order valence-corrected chi connectivity index (χ4v) is 4.53. The highest BCUT2D eigenvalue weighted by Gasteiger charge is 2.42. The Morgan fingerprint density at radius 1 is 1.33 bits per heavy atom. The summed E-state index contributed by atoms with van der Waals surface area (Å²) in [5, 5.41) is 21.9. The van der Waals surface area contributed by atoms with E-state index in [-0.39, 0.29) is 23.0 Å². The maximum atomic E-state index is 12.6. The zero-order valence-corrected chi connectivity index (χ0v) is 19.2. The number of anilines is 3. The molecule has 2 unspecified atom stereocenters. The van der Waals surface area contributed by atoms with Crippen molar-refractivity contribution in [3.8, 4) is 5.75 Å². The van der Waals surface area contributed by atoms with Crippen LogP contribution in [0, 0.1) is 0 Å². The molecule has 192 valence electrons. The number of aromatic carboxylic acids is 1. The predicted octanol–water partition coefficient (Wildman–Crippen LogP) is 1.76. The van der Waals surface area contributed by atoms with Gasteiger partial charge < -0.3 is 35.6 Å². The van der Waals surface area contributed by atoms with Crippen LogP contribution in [0.1, 0.15) is 10.4 Å². The number of carboxylic acid groups (broad SMARTS) is 1. The summed E-state index contributed by atoms with van der Waals surface area (Å²) >= 11 is 1.02. The molecule has 2 aromatic heterocycles. The first kappa shape index (κ1) is 25.2. The van der Waals surface area contributed by atoms with Gasteiger partial charge in [-0.3, -0.25) is 9.69 Å². The first-order chi connectivity index (χ1) is 17.0. The molecule has 1 aliphatic rings. The van der Waals surface area contributed by atoms with E-state index in [9.17, 15) is 33.0 Å². The second kappa shape index (κ2) is 9.63. The Bertz CT molecular complexity index is 1300. The molecule has 3 heterocycles. The number of aliphatic hydroxyl groups is 1. The number of nitrogens with two attached hydrogens (primary N) is 1. The number of pyridine rings is 1. The molecule has 0 radical (unpaired) electrons. The van der Waals surface area contributed by atoms with Crippen LogP contribution in [-0.2, 0) is 9.53 Å². The van der Waals surface area contributed by atoms with Crippen LogP contribution >= 0.6 is 11.3 Å². The van der Waals surface area contributed by atoms with Crippen molar-refractivity contribution in [2.24, 2.45) is 5.73 Å². The number of hydrogen-bond acceptors (Lipinski definition) is 11. The summed E-state index contributed by atoms with van der Waals surface area (Å²) in [7, 11) is 1.61. The molecule has 0 saturated heterocycles. The van der Waals surface area contributed by atoms with Gasteiger partial charge in [0.15, 0.2) is 17.2 Å². The fraction of sp³-hybridized carbons (Fsp3) is 0.300. The minimum atomic E-state index is -4.85. The minimum absolute atomic E-state index is 0.157. The van der Waals surface area contributed by atoms with E-state index in [0.717, 1.165) is 23.6 Å². The summed E-state index contributed by atoms with van der Waals surface area (Å²) in [6.45, 7) is -0.656. The maximum absolute atomic E-state index is 12.6. The molecule has 36 heavy (non-hydrogen) atoms. The van der Waals surface area contributed by atoms with E-state index < -0.39 is 43.1 Å². The summed E-state index contributed by atoms with van der Waals surface area (Å²) in [6, 6.07) is 4.97. The number of alkyl halides is 3. The molecule has 16 heteroatoms. The molecule has 1 aromatic carbocycles. The molecule has 3 aromatic rings. The lowest BCUT2D eigenvalue weighted by atomic mass is 10.2. The lowest BCUT2D eigenvalue weighted by Crippen LogP contribution is -2.56. The van der Waals surface area contributed by atoms with Gasteiger partial charge in [-0.2, -0.15) is 0 Å². The summed E-state index contributed by atoms with van der Waals surface area (Å²) in [6.07, 6.45) is -6.07. The largest absolute Gasteiger partial charge is 0.573 e. The zero-order valence-electron chi connectivity index (χ0n) is 18.4. The monoisotopic (exact) mass is 528 g/mol. The van der Waals surface area contributed by atoms with Crippen LogP contribution in [0.5, 0.6) is 5.75 Å². The number of halogens is 3. The number of ether oxygens (including phenoxy) is 2. The SMILES string of the molecule is CN1c2ncc(C(=O)O)cc2N(C(OCCO)C(N)=O)C1Nc1nc2ccc(OC(F)(F)F)cc2s1. The number of aromatic nitrogens is 2. The molecular weight excluding hydrogens is 509 g/mol. The zero-order chi connectivity index (χ0) is 26.2. The van der Waals surface area contributed by atoms with Crippen molar-refractivity contribution >= 4 is 50.1 Å². The maximum Gasteiger partial charge on any atom is 0.573 e. The van der Waals surface area contributed by atoms with Crippen LogP contribution in [0.3, 0.4) is 0 Å². The third kappa shape index (κ3) is 5.05. The third-order valence-corrected chi connectivity index (χ3v) is 6.00. The lowest BCUT2D eigenvalue weighted by Gasteiger charge is -2.34. The Morgan fingerprint density at radius 2 is 2.08 bits per heavy atom. The minimum Gasteiger partial charge on any atom is -0.478 e. The van der Waals surface area contributed by atoms with Crippen LogP contribution in [-0.4, -0.2) is 71.2 Å². The number of carboxylic acids is 1. The van der Waals surface area contributed by atoms with Gasteiger partial charge in [0.25, 0.3) is 5.91 Å². The standard InChI is InChI=1S/C20H19F3N6O6S/c1-28-15-12(6-9(8-25-15)17(32)33)29(16(14(24)31)34-5-4-30)19(28)27-18-26-11-3-2-10(7-13(11)36-18)35-20(21,22)23/h2-3,6-8,16,19,30H,4-5H2,1H3,(H2,24,31)(H,26,27)(H,32,33). The van der Waals surface area contributed by atoms with E-state index in [1.54, 1.807) is 11.9 Å². The number of nitrogens with one attached hydrogen (secondary N) is 1. The number of rotatable bonds is 9. The molecular formula is C20H19F3N6O6S. The number of carbonyl (C=O) groups excluding carboxylic acids is 1. The summed E-state index contributed by atoms with van der Waals surface area (Å²) in [5.74, 6) is -2.29. The van der Waals surface area contributed by atoms with E-state index in [1.165, 1.54) is 23.1 Å². The molecule has 0 saturated carbocycles. The van der Waals surface area contributed by atoms with Crippen molar-refractivity contribution in [2.75, 3.05) is 35.4 Å². The number of amides is 1. The molecule has 12 nitrogen and oxygen atoms in total. The molecule has 4 rings (SSSR count). The lowest BCUT2D eigenvalue weighted by molar-refractivity contribution is -0.274. The van der Waals surface area contributed by atoms with E-state index in [2.05, 4.69) is 20.0 Å². The molecule has 0 fully saturated rings. The number of hydrogen-bond donors (Lipinski definition) is 4. The Hall–Kier alpha value is -3.89. The van der Waals surface area contributed by atoms with Crippen molar-refractivity contribution < 1.29 is 42.4 Å². The van der Waals surface area contributed by atoms with Gasteiger partial charge in [-0.15, -0.1) is 13.2 Å². The van der Waals surface area contributed by atoms with Gasteiger partial charge >= 0.3 is 12.3 Å². The van der Waals surface area contributed by atoms with Crippen molar-refractivity contribution in [1.82, 2.24) is 9.97 Å². The second-order valence-electron chi connectivity index (χ2n) is 7.45. The number of aliphatic hydroxyl groups excluding tert-OH is 1. The first-order valence-corrected chi connectivity index (χ1v) is 11.0. The number of nitrogens with zero attached hydrogens (tertiary/aromatic N) is 4. The molecule has 0 aliphatic carbocycles. The number of fused-ring (bicyclic) bond motifs is 2. The van der Waals surface area contributed by atoms with Gasteiger partial charge in [0.2, 0.25) is 6.23 Å². The number of primary amides is 1. The van der Waals surface area contributed by atoms with Crippen LogP contribution in [0.25, 0.3) is 10.2 Å². The van der Waals surface area contributed by atoms with Gasteiger partial charge in [-0.1, -0.05) is 11.3 Å². The molecule has 0 bridgehead atoms. The average molecular weight is 528 g/mol. The number of thiazole rings is 1. The second-order valence-corrected chi connectivity index (χ2v) is 8.48. The Labute approximate surface area is 204 Å². The van der Waals surface area contributed by atoms with Gasteiger partial charge in [0.1, 0.15) is 5.75 Å². The Balaban J connectivity index is 1.71. The van der Waals surface area contributed by atoms with E-state index in [0.29, 0.717) is 16.0 Å². The predicted molar refractivity (Wildman–Crippen MR) is 122 cm³/mol. The molecule has 0 spiro atoms. The normalized spacial score (nSPS) is 16.2. The third-order valence-electron chi connectivity index (χ3n) is 5.05. The highest BCUT2D eigenvalue weighted by Crippen LogP contribution is 2.40. The highest BCUT2D eigenvalue weighted by atomic mass is 32.1. The quantitative estimate of drug-likeness (QED) is 0.320. The summed E-state index contributed by atoms with van der Waals surface area (Å²) in [4.78, 5) is 35.3. The van der Waals surface area contributed by atoms with Crippen molar-refractivity contribution in [3.63, 3.8) is 0 Å². The first-order valence-electron chi connectivity index (χ1n) is 10.2. The van der Waals surface area contributed by atoms with Gasteiger partial charge in [0.05, 0.1) is 34.7 Å². The van der Waals surface area contributed by atoms with Crippen molar-refractivity contribution in [2.45, 2.75) is 18.9 Å². The van der Waals surface area contributed by atoms with Gasteiger partial charge in [0, 0.05) is 19.3 Å². The van der Waals surface area contributed by atoms with Crippen molar-refractivity contribution in [1.29, 1.82) is 0 Å². The molecule has 5 N–H and O–H groups in total. The van der Waals surface area contributed by atoms with Crippen LogP contribution in [0.15, 0.2) is 30.5 Å². The summed E-state index contributed by atoms with van der Waals surface area (Å²) in [5.41, 5.74) is 5.99. The van der Waals surface area contributed by atoms with Crippen molar-refractivity contribution in [3.05, 3.63) is 36.0 Å². The average Bonchev–Trinajstić information content (AvgIpc) is 3.31. The van der Waals surface area contributed by atoms with E-state index in [1.807, 2.05) is 0 Å². The molecule has 1 aliphatic heterocycles. The molecule has 1 amide bonds. The fourth-order valence-electron chi connectivity index (χ4n) is 3.62. The van der Waals surface area contributed by atoms with E-state index >= 15 is 0 Å². The van der Waals surface area contributed by atoms with Crippen LogP contribution < -0.4 is 25.6 Å². The molecule has 2 atom stereocenters. The smallest absolute Gasteiger partial charge is 0.478 e. The van der Waals surface area contributed by atoms with Crippen LogP contribution in [0.2, 0.25) is 0 Å². The topological polar surface area (TPSA) is 163 Å². The Morgan fingerprint density at radius 3 is 2.72 bits per heavy atom.